The van der Waals surface area contributed by atoms with Gasteiger partial charge in [-0.25, -0.2) is 9.59 Å². The van der Waals surface area contributed by atoms with Crippen LogP contribution < -0.4 is 0 Å². The molecule has 5 nitrogen and oxygen atoms in total. The van der Waals surface area contributed by atoms with E-state index in [1.807, 2.05) is 18.2 Å². The minimum absolute atomic E-state index is 0.126. The standard InChI is InChI=1S/C13H13Br2NO4/c14-9-4-8(5-10(15)6-9)7-20-12(17)11-2-1-3-16(11)13(18)19/h4-6,11H,1-3,7H2,(H,18,19). The zero-order valence-corrected chi connectivity index (χ0v) is 13.7. The average molecular weight is 407 g/mol. The molecule has 7 heteroatoms. The largest absolute Gasteiger partial charge is 0.465 e. The number of benzene rings is 1. The smallest absolute Gasteiger partial charge is 0.408 e. The molecule has 1 heterocycles. The molecule has 1 saturated heterocycles. The van der Waals surface area contributed by atoms with Crippen molar-refractivity contribution in [3.8, 4) is 0 Å². The van der Waals surface area contributed by atoms with Gasteiger partial charge in [-0.3, -0.25) is 4.90 Å². The number of ether oxygens (including phenoxy) is 1. The SMILES string of the molecule is O=C(OCc1cc(Br)cc(Br)c1)C1CCCN1C(=O)O. The van der Waals surface area contributed by atoms with Crippen LogP contribution in [-0.4, -0.2) is 34.7 Å². The van der Waals surface area contributed by atoms with Crippen LogP contribution in [0.2, 0.25) is 0 Å². The van der Waals surface area contributed by atoms with E-state index in [9.17, 15) is 9.59 Å². The van der Waals surface area contributed by atoms with Gasteiger partial charge in [0.15, 0.2) is 0 Å². The highest BCUT2D eigenvalue weighted by Gasteiger charge is 2.35. The predicted octanol–water partition coefficient (Wildman–Crippen LogP) is 3.40. The van der Waals surface area contributed by atoms with Crippen LogP contribution in [0, 0.1) is 0 Å². The molecule has 0 radical (unpaired) electrons. The Morgan fingerprint density at radius 1 is 1.30 bits per heavy atom. The van der Waals surface area contributed by atoms with Gasteiger partial charge >= 0.3 is 12.1 Å². The lowest BCUT2D eigenvalue weighted by molar-refractivity contribution is -0.149. The molecule has 20 heavy (non-hydrogen) atoms. The fourth-order valence-electron chi connectivity index (χ4n) is 2.19. The highest BCUT2D eigenvalue weighted by Crippen LogP contribution is 2.22. The maximum Gasteiger partial charge on any atom is 0.408 e. The number of hydrogen-bond acceptors (Lipinski definition) is 3. The van der Waals surface area contributed by atoms with E-state index in [1.165, 1.54) is 0 Å². The molecule has 1 unspecified atom stereocenters. The molecule has 1 amide bonds. The van der Waals surface area contributed by atoms with Crippen molar-refractivity contribution in [3.05, 3.63) is 32.7 Å². The first-order valence-electron chi connectivity index (χ1n) is 6.08. The van der Waals surface area contributed by atoms with Crippen molar-refractivity contribution in [2.75, 3.05) is 6.54 Å². The van der Waals surface area contributed by atoms with Crippen LogP contribution in [0.15, 0.2) is 27.1 Å². The molecule has 0 aliphatic carbocycles. The van der Waals surface area contributed by atoms with Gasteiger partial charge in [0.25, 0.3) is 0 Å². The van der Waals surface area contributed by atoms with Crippen molar-refractivity contribution < 1.29 is 19.4 Å². The molecule has 0 bridgehead atoms. The Labute approximate surface area is 133 Å². The Morgan fingerprint density at radius 3 is 2.55 bits per heavy atom. The summed E-state index contributed by atoms with van der Waals surface area (Å²) in [4.78, 5) is 24.1. The molecule has 108 valence electrons. The summed E-state index contributed by atoms with van der Waals surface area (Å²) in [6.45, 7) is 0.512. The number of likely N-dealkylation sites (tertiary alicyclic amines) is 1. The first kappa shape index (κ1) is 15.3. The third-order valence-electron chi connectivity index (χ3n) is 3.07. The summed E-state index contributed by atoms with van der Waals surface area (Å²) in [6, 6.07) is 4.90. The molecular formula is C13H13Br2NO4. The van der Waals surface area contributed by atoms with Crippen LogP contribution in [0.3, 0.4) is 0 Å². The highest BCUT2D eigenvalue weighted by atomic mass is 79.9. The molecule has 1 aromatic rings. The van der Waals surface area contributed by atoms with Gasteiger partial charge in [0.05, 0.1) is 0 Å². The minimum Gasteiger partial charge on any atom is -0.465 e. The highest BCUT2D eigenvalue weighted by molar-refractivity contribution is 9.11. The van der Waals surface area contributed by atoms with E-state index >= 15 is 0 Å². The van der Waals surface area contributed by atoms with Crippen LogP contribution in [0.25, 0.3) is 0 Å². The third kappa shape index (κ3) is 3.73. The van der Waals surface area contributed by atoms with Crippen molar-refractivity contribution >= 4 is 43.9 Å². The molecule has 1 aliphatic rings. The lowest BCUT2D eigenvalue weighted by atomic mass is 10.2. The van der Waals surface area contributed by atoms with Crippen LogP contribution >= 0.6 is 31.9 Å². The van der Waals surface area contributed by atoms with E-state index in [-0.39, 0.29) is 6.61 Å². The summed E-state index contributed by atoms with van der Waals surface area (Å²) in [7, 11) is 0. The second kappa shape index (κ2) is 6.58. The topological polar surface area (TPSA) is 66.8 Å². The fourth-order valence-corrected chi connectivity index (χ4v) is 3.57. The van der Waals surface area contributed by atoms with E-state index in [0.717, 1.165) is 19.4 Å². The summed E-state index contributed by atoms with van der Waals surface area (Å²) < 4.78 is 6.98. The lowest BCUT2D eigenvalue weighted by Crippen LogP contribution is -2.40. The number of carbonyl (C=O) groups excluding carboxylic acids is 1. The van der Waals surface area contributed by atoms with Gasteiger partial charge in [-0.05, 0) is 36.6 Å². The van der Waals surface area contributed by atoms with Crippen molar-refractivity contribution in [3.63, 3.8) is 0 Å². The maximum absolute atomic E-state index is 12.0. The van der Waals surface area contributed by atoms with Gasteiger partial charge in [-0.1, -0.05) is 31.9 Å². The van der Waals surface area contributed by atoms with Gasteiger partial charge < -0.3 is 9.84 Å². The molecule has 1 aromatic carbocycles. The van der Waals surface area contributed by atoms with Crippen LogP contribution in [0.5, 0.6) is 0 Å². The van der Waals surface area contributed by atoms with E-state index in [0.29, 0.717) is 19.4 Å². The van der Waals surface area contributed by atoms with E-state index in [4.69, 9.17) is 9.84 Å². The van der Waals surface area contributed by atoms with Crippen LogP contribution in [-0.2, 0) is 16.1 Å². The van der Waals surface area contributed by atoms with Gasteiger partial charge in [-0.15, -0.1) is 0 Å². The number of carboxylic acid groups (broad SMARTS) is 1. The predicted molar refractivity (Wildman–Crippen MR) is 79.4 cm³/mol. The average Bonchev–Trinajstić information content (AvgIpc) is 2.84. The summed E-state index contributed by atoms with van der Waals surface area (Å²) in [5.74, 6) is -0.485. The van der Waals surface area contributed by atoms with Crippen molar-refractivity contribution in [2.45, 2.75) is 25.5 Å². The molecule has 0 spiro atoms. The fraction of sp³-hybridized carbons (Fsp3) is 0.385. The Balaban J connectivity index is 1.96. The number of amides is 1. The molecule has 1 atom stereocenters. The van der Waals surface area contributed by atoms with Gasteiger partial charge in [0.1, 0.15) is 12.6 Å². The second-order valence-electron chi connectivity index (χ2n) is 4.52. The molecule has 0 saturated carbocycles. The second-order valence-corrected chi connectivity index (χ2v) is 6.35. The Morgan fingerprint density at radius 2 is 1.95 bits per heavy atom. The van der Waals surface area contributed by atoms with Gasteiger partial charge in [0, 0.05) is 15.5 Å². The Bertz CT molecular complexity index is 515. The van der Waals surface area contributed by atoms with Gasteiger partial charge in [-0.2, -0.15) is 0 Å². The molecule has 2 rings (SSSR count). The third-order valence-corrected chi connectivity index (χ3v) is 3.99. The van der Waals surface area contributed by atoms with Crippen molar-refractivity contribution in [1.29, 1.82) is 0 Å². The molecule has 1 fully saturated rings. The number of rotatable bonds is 3. The normalized spacial score (nSPS) is 18.1. The maximum atomic E-state index is 12.0. The molecule has 1 aliphatic heterocycles. The van der Waals surface area contributed by atoms with Crippen LogP contribution in [0.1, 0.15) is 18.4 Å². The quantitative estimate of drug-likeness (QED) is 0.781. The number of hydrogen-bond donors (Lipinski definition) is 1. The number of halogens is 2. The first-order valence-corrected chi connectivity index (χ1v) is 7.67. The number of carbonyl (C=O) groups is 2. The zero-order valence-electron chi connectivity index (χ0n) is 10.5. The molecule has 0 aromatic heterocycles. The van der Waals surface area contributed by atoms with Crippen molar-refractivity contribution in [2.24, 2.45) is 0 Å². The van der Waals surface area contributed by atoms with Crippen LogP contribution in [0.4, 0.5) is 4.79 Å². The Kier molecular flexibility index (Phi) is 5.04. The van der Waals surface area contributed by atoms with Crippen molar-refractivity contribution in [1.82, 2.24) is 4.90 Å². The van der Waals surface area contributed by atoms with E-state index in [2.05, 4.69) is 31.9 Å². The summed E-state index contributed by atoms with van der Waals surface area (Å²) in [6.07, 6.45) is 0.136. The van der Waals surface area contributed by atoms with E-state index < -0.39 is 18.1 Å². The Hall–Kier alpha value is -1.08. The monoisotopic (exact) mass is 405 g/mol. The number of esters is 1. The summed E-state index contributed by atoms with van der Waals surface area (Å²) in [5.41, 5.74) is 0.833. The zero-order chi connectivity index (χ0) is 14.7. The number of nitrogens with zero attached hydrogens (tertiary/aromatic N) is 1. The summed E-state index contributed by atoms with van der Waals surface area (Å²) in [5, 5.41) is 9.00. The van der Waals surface area contributed by atoms with Gasteiger partial charge in [0.2, 0.25) is 0 Å². The minimum atomic E-state index is -1.07. The summed E-state index contributed by atoms with van der Waals surface area (Å²) >= 11 is 6.72. The lowest BCUT2D eigenvalue weighted by Gasteiger charge is -2.19. The molecule has 1 N–H and O–H groups in total. The van der Waals surface area contributed by atoms with E-state index in [1.54, 1.807) is 0 Å². The molecular weight excluding hydrogens is 394 g/mol. The first-order chi connectivity index (χ1) is 9.47.